The number of fused-ring (bicyclic) bond motifs is 2. The summed E-state index contributed by atoms with van der Waals surface area (Å²) >= 11 is 0. The van der Waals surface area contributed by atoms with Crippen LogP contribution in [-0.2, 0) is 4.79 Å². The van der Waals surface area contributed by atoms with Crippen molar-refractivity contribution >= 4 is 23.4 Å². The lowest BCUT2D eigenvalue weighted by atomic mass is 10.0. The molecule has 0 unspecified atom stereocenters. The fourth-order valence-corrected chi connectivity index (χ4v) is 3.39. The largest absolute Gasteiger partial charge is 0.484 e. The van der Waals surface area contributed by atoms with Crippen molar-refractivity contribution in [1.82, 2.24) is 4.90 Å². The molecular weight excluding hydrogens is 332 g/mol. The van der Waals surface area contributed by atoms with Crippen LogP contribution in [0.3, 0.4) is 0 Å². The lowest BCUT2D eigenvalue weighted by molar-refractivity contribution is -0.119. The number of hydrogen-bond acceptors (Lipinski definition) is 4. The first-order valence-corrected chi connectivity index (χ1v) is 8.41. The van der Waals surface area contributed by atoms with E-state index in [2.05, 4.69) is 0 Å². The normalized spacial score (nSPS) is 17.6. The van der Waals surface area contributed by atoms with Gasteiger partial charge in [0.15, 0.2) is 0 Å². The first-order chi connectivity index (χ1) is 12.4. The Labute approximate surface area is 151 Å². The van der Waals surface area contributed by atoms with Crippen LogP contribution in [0.5, 0.6) is 5.75 Å². The zero-order valence-electron chi connectivity index (χ0n) is 14.6. The molecule has 6 nitrogen and oxygen atoms in total. The standard InChI is InChI=1S/C20H18N2O4/c1-20(2)12-22(15-9-5-6-10-16(15)26-20)17(23)11-21-18(24)13-7-3-4-8-14(13)19(21)25/h3-10H,11-12H2,1-2H3. The zero-order valence-corrected chi connectivity index (χ0v) is 14.6. The van der Waals surface area contributed by atoms with Crippen LogP contribution in [0.4, 0.5) is 5.69 Å². The Morgan fingerprint density at radius 3 is 2.23 bits per heavy atom. The fraction of sp³-hybridized carbons (Fsp3) is 0.250. The number of benzene rings is 2. The van der Waals surface area contributed by atoms with Crippen molar-refractivity contribution in [2.75, 3.05) is 18.0 Å². The van der Waals surface area contributed by atoms with E-state index in [1.807, 2.05) is 26.0 Å². The number of para-hydroxylation sites is 2. The summed E-state index contributed by atoms with van der Waals surface area (Å²) < 4.78 is 5.92. The van der Waals surface area contributed by atoms with Gasteiger partial charge in [-0.3, -0.25) is 19.3 Å². The SMILES string of the molecule is CC1(C)CN(C(=O)CN2C(=O)c3ccccc3C2=O)c2ccccc2O1. The maximum Gasteiger partial charge on any atom is 0.262 e. The summed E-state index contributed by atoms with van der Waals surface area (Å²) in [5.41, 5.74) is 0.765. The maximum atomic E-state index is 13.0. The number of imide groups is 1. The highest BCUT2D eigenvalue weighted by Gasteiger charge is 2.40. The van der Waals surface area contributed by atoms with E-state index in [-0.39, 0.29) is 12.5 Å². The van der Waals surface area contributed by atoms with Gasteiger partial charge >= 0.3 is 0 Å². The van der Waals surface area contributed by atoms with Crippen molar-refractivity contribution in [3.8, 4) is 5.75 Å². The molecule has 3 amide bonds. The second-order valence-electron chi connectivity index (χ2n) is 7.05. The van der Waals surface area contributed by atoms with E-state index in [4.69, 9.17) is 4.74 Å². The predicted octanol–water partition coefficient (Wildman–Crippen LogP) is 2.49. The summed E-state index contributed by atoms with van der Waals surface area (Å²) in [7, 11) is 0. The number of hydrogen-bond donors (Lipinski definition) is 0. The Morgan fingerprint density at radius 2 is 1.58 bits per heavy atom. The Hall–Kier alpha value is -3.15. The van der Waals surface area contributed by atoms with Gasteiger partial charge in [0.05, 0.1) is 23.4 Å². The van der Waals surface area contributed by atoms with E-state index in [0.29, 0.717) is 29.1 Å². The van der Waals surface area contributed by atoms with Gasteiger partial charge in [-0.1, -0.05) is 24.3 Å². The smallest absolute Gasteiger partial charge is 0.262 e. The van der Waals surface area contributed by atoms with Crippen molar-refractivity contribution in [2.24, 2.45) is 0 Å². The van der Waals surface area contributed by atoms with Crippen LogP contribution in [-0.4, -0.2) is 41.3 Å². The van der Waals surface area contributed by atoms with Gasteiger partial charge in [-0.05, 0) is 38.1 Å². The number of nitrogens with zero attached hydrogens (tertiary/aromatic N) is 2. The van der Waals surface area contributed by atoms with Crippen LogP contribution in [0.2, 0.25) is 0 Å². The molecule has 6 heteroatoms. The summed E-state index contributed by atoms with van der Waals surface area (Å²) in [5.74, 6) is -0.567. The predicted molar refractivity (Wildman–Crippen MR) is 95.3 cm³/mol. The van der Waals surface area contributed by atoms with Gasteiger partial charge in [-0.25, -0.2) is 0 Å². The summed E-state index contributed by atoms with van der Waals surface area (Å²) in [5, 5.41) is 0. The molecule has 2 aliphatic rings. The van der Waals surface area contributed by atoms with E-state index < -0.39 is 17.4 Å². The van der Waals surface area contributed by atoms with Gasteiger partial charge in [-0.2, -0.15) is 0 Å². The molecule has 0 aliphatic carbocycles. The summed E-state index contributed by atoms with van der Waals surface area (Å²) in [6.07, 6.45) is 0. The van der Waals surface area contributed by atoms with Crippen molar-refractivity contribution in [3.05, 3.63) is 59.7 Å². The lowest BCUT2D eigenvalue weighted by Gasteiger charge is -2.40. The third-order valence-corrected chi connectivity index (χ3v) is 4.55. The number of rotatable bonds is 2. The molecule has 4 rings (SSSR count). The van der Waals surface area contributed by atoms with Crippen LogP contribution in [0.15, 0.2) is 48.5 Å². The highest BCUT2D eigenvalue weighted by Crippen LogP contribution is 2.37. The minimum absolute atomic E-state index is 0.295. The number of ether oxygens (including phenoxy) is 1. The third kappa shape index (κ3) is 2.54. The molecule has 2 aliphatic heterocycles. The van der Waals surface area contributed by atoms with Gasteiger partial charge in [0, 0.05) is 0 Å². The van der Waals surface area contributed by atoms with Crippen LogP contribution in [0.1, 0.15) is 34.6 Å². The molecule has 0 fully saturated rings. The van der Waals surface area contributed by atoms with E-state index >= 15 is 0 Å². The molecule has 0 saturated heterocycles. The van der Waals surface area contributed by atoms with Crippen LogP contribution in [0.25, 0.3) is 0 Å². The minimum Gasteiger partial charge on any atom is -0.484 e. The van der Waals surface area contributed by atoms with E-state index in [0.717, 1.165) is 4.90 Å². The van der Waals surface area contributed by atoms with Gasteiger partial charge in [-0.15, -0.1) is 0 Å². The molecule has 132 valence electrons. The second kappa shape index (κ2) is 5.69. The molecule has 0 bridgehead atoms. The molecule has 0 N–H and O–H groups in total. The van der Waals surface area contributed by atoms with E-state index in [1.165, 1.54) is 0 Å². The van der Waals surface area contributed by atoms with Gasteiger partial charge in [0.1, 0.15) is 17.9 Å². The third-order valence-electron chi connectivity index (χ3n) is 4.55. The van der Waals surface area contributed by atoms with Gasteiger partial charge in [0.25, 0.3) is 11.8 Å². The average molecular weight is 350 g/mol. The Balaban J connectivity index is 1.62. The molecule has 2 heterocycles. The first kappa shape index (κ1) is 16.3. The summed E-state index contributed by atoms with van der Waals surface area (Å²) in [6.45, 7) is 3.83. The molecule has 2 aromatic carbocycles. The molecule has 0 atom stereocenters. The number of amides is 3. The Bertz CT molecular complexity index is 900. The van der Waals surface area contributed by atoms with Crippen molar-refractivity contribution in [3.63, 3.8) is 0 Å². The summed E-state index contributed by atoms with van der Waals surface area (Å²) in [4.78, 5) is 40.6. The van der Waals surface area contributed by atoms with Crippen LogP contribution >= 0.6 is 0 Å². The van der Waals surface area contributed by atoms with E-state index in [1.54, 1.807) is 41.3 Å². The monoisotopic (exact) mass is 350 g/mol. The van der Waals surface area contributed by atoms with Crippen LogP contribution < -0.4 is 9.64 Å². The quantitative estimate of drug-likeness (QED) is 0.781. The Morgan fingerprint density at radius 1 is 1.00 bits per heavy atom. The van der Waals surface area contributed by atoms with Gasteiger partial charge < -0.3 is 9.64 Å². The second-order valence-corrected chi connectivity index (χ2v) is 7.05. The highest BCUT2D eigenvalue weighted by atomic mass is 16.5. The number of anilines is 1. The minimum atomic E-state index is -0.563. The topological polar surface area (TPSA) is 66.9 Å². The molecule has 0 aromatic heterocycles. The molecule has 26 heavy (non-hydrogen) atoms. The lowest BCUT2D eigenvalue weighted by Crippen LogP contribution is -2.52. The number of carbonyl (C=O) groups excluding carboxylic acids is 3. The zero-order chi connectivity index (χ0) is 18.5. The summed E-state index contributed by atoms with van der Waals surface area (Å²) in [6, 6.07) is 13.9. The van der Waals surface area contributed by atoms with E-state index in [9.17, 15) is 14.4 Å². The molecule has 0 saturated carbocycles. The molecule has 0 radical (unpaired) electrons. The van der Waals surface area contributed by atoms with Crippen molar-refractivity contribution in [1.29, 1.82) is 0 Å². The fourth-order valence-electron chi connectivity index (χ4n) is 3.39. The van der Waals surface area contributed by atoms with Crippen LogP contribution in [0, 0.1) is 0 Å². The van der Waals surface area contributed by atoms with Gasteiger partial charge in [0.2, 0.25) is 5.91 Å². The number of carbonyl (C=O) groups is 3. The Kier molecular flexibility index (Phi) is 3.57. The molecule has 0 spiro atoms. The average Bonchev–Trinajstić information content (AvgIpc) is 2.85. The van der Waals surface area contributed by atoms with Crippen molar-refractivity contribution < 1.29 is 19.1 Å². The molecular formula is C20H18N2O4. The molecule has 2 aromatic rings. The first-order valence-electron chi connectivity index (χ1n) is 8.41. The highest BCUT2D eigenvalue weighted by molar-refractivity contribution is 6.22. The maximum absolute atomic E-state index is 13.0. The van der Waals surface area contributed by atoms with Crippen molar-refractivity contribution in [2.45, 2.75) is 19.4 Å².